The Morgan fingerprint density at radius 3 is 2.35 bits per heavy atom. The molecule has 0 aromatic heterocycles. The molecule has 0 aliphatic carbocycles. The number of benzene rings is 2. The van der Waals surface area contributed by atoms with Crippen LogP contribution in [-0.2, 0) is 15.8 Å². The van der Waals surface area contributed by atoms with Gasteiger partial charge in [-0.3, -0.25) is 9.59 Å². The van der Waals surface area contributed by atoms with Gasteiger partial charge in [0.05, 0.1) is 11.3 Å². The Balaban J connectivity index is 1.71. The van der Waals surface area contributed by atoms with Gasteiger partial charge < -0.3 is 15.5 Å². The highest BCUT2D eigenvalue weighted by Crippen LogP contribution is 2.34. The lowest BCUT2D eigenvalue weighted by atomic mass is 10.1. The average Bonchev–Trinajstić information content (AvgIpc) is 2.95. The first kappa shape index (κ1) is 21.9. The van der Waals surface area contributed by atoms with Gasteiger partial charge in [0.15, 0.2) is 0 Å². The third-order valence-electron chi connectivity index (χ3n) is 4.49. The molecular formula is C21H19F3N4O3. The topological polar surface area (TPSA) is 81.8 Å². The summed E-state index contributed by atoms with van der Waals surface area (Å²) < 4.78 is 39.2. The van der Waals surface area contributed by atoms with E-state index in [0.717, 1.165) is 17.8 Å². The third kappa shape index (κ3) is 5.03. The van der Waals surface area contributed by atoms with E-state index >= 15 is 0 Å². The fraction of sp³-hybridized carbons (Fsp3) is 0.190. The molecule has 1 aliphatic heterocycles. The third-order valence-corrected chi connectivity index (χ3v) is 4.49. The number of carbonyl (C=O) groups is 3. The zero-order valence-electron chi connectivity index (χ0n) is 16.7. The fourth-order valence-corrected chi connectivity index (χ4v) is 2.92. The predicted molar refractivity (Wildman–Crippen MR) is 109 cm³/mol. The minimum absolute atomic E-state index is 0.0360. The summed E-state index contributed by atoms with van der Waals surface area (Å²) >= 11 is 0. The molecule has 1 fully saturated rings. The first-order chi connectivity index (χ1) is 14.6. The normalized spacial score (nSPS) is 15.3. The van der Waals surface area contributed by atoms with Crippen LogP contribution in [0.25, 0.3) is 6.08 Å². The Morgan fingerprint density at radius 1 is 1.10 bits per heavy atom. The number of halogens is 3. The molecule has 2 N–H and O–H groups in total. The van der Waals surface area contributed by atoms with E-state index in [1.54, 1.807) is 12.1 Å². The first-order valence-corrected chi connectivity index (χ1v) is 9.14. The van der Waals surface area contributed by atoms with Crippen LogP contribution in [0.1, 0.15) is 11.1 Å². The Hall–Kier alpha value is -3.82. The summed E-state index contributed by atoms with van der Waals surface area (Å²) in [5.41, 5.74) is 0.0817. The number of imide groups is 1. The van der Waals surface area contributed by atoms with E-state index in [9.17, 15) is 27.6 Å². The average molecular weight is 432 g/mol. The molecule has 0 atom stereocenters. The molecule has 2 aromatic carbocycles. The number of hydrogen-bond acceptors (Lipinski definition) is 4. The number of urea groups is 1. The quantitative estimate of drug-likeness (QED) is 0.561. The summed E-state index contributed by atoms with van der Waals surface area (Å²) in [7, 11) is 3.76. The number of anilines is 2. The van der Waals surface area contributed by atoms with E-state index in [0.29, 0.717) is 10.5 Å². The van der Waals surface area contributed by atoms with Crippen molar-refractivity contribution in [3.63, 3.8) is 0 Å². The van der Waals surface area contributed by atoms with E-state index in [4.69, 9.17) is 0 Å². The number of alkyl halides is 3. The molecule has 10 heteroatoms. The van der Waals surface area contributed by atoms with E-state index < -0.39 is 41.8 Å². The summed E-state index contributed by atoms with van der Waals surface area (Å²) in [5, 5.41) is 4.48. The standard InChI is InChI=1S/C21H19F3N4O3/c1-27(2)14-9-7-13(8-10-14)11-17-19(30)28(20(31)26-17)12-18(29)25-16-6-4-3-5-15(16)21(22,23)24/h3-11H,12H2,1-2H3,(H,25,29)(H,26,31)/b17-11-. The molecule has 2 aromatic rings. The Morgan fingerprint density at radius 2 is 1.74 bits per heavy atom. The van der Waals surface area contributed by atoms with Crippen LogP contribution < -0.4 is 15.5 Å². The minimum Gasteiger partial charge on any atom is -0.378 e. The van der Waals surface area contributed by atoms with Crippen molar-refractivity contribution in [1.82, 2.24) is 10.2 Å². The molecule has 0 bridgehead atoms. The van der Waals surface area contributed by atoms with Crippen molar-refractivity contribution in [2.24, 2.45) is 0 Å². The highest BCUT2D eigenvalue weighted by atomic mass is 19.4. The second kappa shape index (κ2) is 8.50. The highest BCUT2D eigenvalue weighted by molar-refractivity contribution is 6.16. The molecule has 0 unspecified atom stereocenters. The SMILES string of the molecule is CN(C)c1ccc(/C=C2\NC(=O)N(CC(=O)Nc3ccccc3C(F)(F)F)C2=O)cc1. The van der Waals surface area contributed by atoms with Gasteiger partial charge in [-0.15, -0.1) is 0 Å². The van der Waals surface area contributed by atoms with Gasteiger partial charge in [0.25, 0.3) is 5.91 Å². The molecular weight excluding hydrogens is 413 g/mol. The number of para-hydroxylation sites is 1. The van der Waals surface area contributed by atoms with Gasteiger partial charge in [-0.2, -0.15) is 13.2 Å². The molecule has 1 heterocycles. The number of carbonyl (C=O) groups excluding carboxylic acids is 3. The van der Waals surface area contributed by atoms with Gasteiger partial charge in [0, 0.05) is 19.8 Å². The second-order valence-corrected chi connectivity index (χ2v) is 6.96. The number of amides is 4. The summed E-state index contributed by atoms with van der Waals surface area (Å²) in [6.45, 7) is -0.728. The monoisotopic (exact) mass is 432 g/mol. The zero-order valence-corrected chi connectivity index (χ0v) is 16.7. The van der Waals surface area contributed by atoms with Crippen molar-refractivity contribution in [2.75, 3.05) is 30.9 Å². The van der Waals surface area contributed by atoms with Crippen LogP contribution >= 0.6 is 0 Å². The first-order valence-electron chi connectivity index (χ1n) is 9.14. The van der Waals surface area contributed by atoms with Crippen LogP contribution in [-0.4, -0.2) is 43.4 Å². The van der Waals surface area contributed by atoms with E-state index in [1.165, 1.54) is 18.2 Å². The van der Waals surface area contributed by atoms with Gasteiger partial charge in [0.2, 0.25) is 5.91 Å². The molecule has 3 rings (SSSR count). The van der Waals surface area contributed by atoms with Gasteiger partial charge in [-0.1, -0.05) is 24.3 Å². The maximum Gasteiger partial charge on any atom is 0.418 e. The molecule has 7 nitrogen and oxygen atoms in total. The molecule has 0 radical (unpaired) electrons. The van der Waals surface area contributed by atoms with Crippen LogP contribution in [0.15, 0.2) is 54.2 Å². The molecule has 0 spiro atoms. The van der Waals surface area contributed by atoms with E-state index in [1.807, 2.05) is 31.1 Å². The van der Waals surface area contributed by atoms with Crippen molar-refractivity contribution in [3.8, 4) is 0 Å². The Bertz CT molecular complexity index is 1050. The number of rotatable bonds is 5. The van der Waals surface area contributed by atoms with E-state index in [2.05, 4.69) is 10.6 Å². The fourth-order valence-electron chi connectivity index (χ4n) is 2.92. The van der Waals surface area contributed by atoms with Crippen LogP contribution in [0.2, 0.25) is 0 Å². The van der Waals surface area contributed by atoms with Crippen LogP contribution in [0.5, 0.6) is 0 Å². The Labute approximate surface area is 176 Å². The van der Waals surface area contributed by atoms with Crippen molar-refractivity contribution in [3.05, 3.63) is 65.4 Å². The predicted octanol–water partition coefficient (Wildman–Crippen LogP) is 3.30. The maximum atomic E-state index is 13.1. The lowest BCUT2D eigenvalue weighted by Gasteiger charge is -2.15. The van der Waals surface area contributed by atoms with Gasteiger partial charge in [-0.05, 0) is 35.9 Å². The smallest absolute Gasteiger partial charge is 0.378 e. The molecule has 1 saturated heterocycles. The molecule has 4 amide bonds. The summed E-state index contributed by atoms with van der Waals surface area (Å²) in [5.74, 6) is -1.68. The lowest BCUT2D eigenvalue weighted by molar-refractivity contribution is -0.137. The summed E-state index contributed by atoms with van der Waals surface area (Å²) in [6, 6.07) is 10.8. The maximum absolute atomic E-state index is 13.1. The number of nitrogens with zero attached hydrogens (tertiary/aromatic N) is 2. The second-order valence-electron chi connectivity index (χ2n) is 6.96. The van der Waals surface area contributed by atoms with Gasteiger partial charge in [-0.25, -0.2) is 9.69 Å². The van der Waals surface area contributed by atoms with Crippen LogP contribution in [0, 0.1) is 0 Å². The van der Waals surface area contributed by atoms with Crippen LogP contribution in [0.4, 0.5) is 29.3 Å². The zero-order chi connectivity index (χ0) is 22.8. The summed E-state index contributed by atoms with van der Waals surface area (Å²) in [6.07, 6.45) is -3.21. The van der Waals surface area contributed by atoms with Crippen molar-refractivity contribution >= 4 is 35.3 Å². The van der Waals surface area contributed by atoms with Crippen molar-refractivity contribution in [1.29, 1.82) is 0 Å². The van der Waals surface area contributed by atoms with Crippen LogP contribution in [0.3, 0.4) is 0 Å². The minimum atomic E-state index is -4.66. The van der Waals surface area contributed by atoms with E-state index in [-0.39, 0.29) is 5.70 Å². The van der Waals surface area contributed by atoms with Crippen molar-refractivity contribution < 1.29 is 27.6 Å². The lowest BCUT2D eigenvalue weighted by Crippen LogP contribution is -2.38. The molecule has 162 valence electrons. The Kier molecular flexibility index (Phi) is 6.00. The molecule has 0 saturated carbocycles. The highest BCUT2D eigenvalue weighted by Gasteiger charge is 2.36. The molecule has 31 heavy (non-hydrogen) atoms. The number of nitrogens with one attached hydrogen (secondary N) is 2. The molecule has 1 aliphatic rings. The van der Waals surface area contributed by atoms with Crippen molar-refractivity contribution in [2.45, 2.75) is 6.18 Å². The summed E-state index contributed by atoms with van der Waals surface area (Å²) in [4.78, 5) is 39.4. The largest absolute Gasteiger partial charge is 0.418 e. The number of hydrogen-bond donors (Lipinski definition) is 2. The van der Waals surface area contributed by atoms with Gasteiger partial charge in [0.1, 0.15) is 12.2 Å². The van der Waals surface area contributed by atoms with Gasteiger partial charge >= 0.3 is 12.2 Å².